The maximum absolute atomic E-state index is 13.3. The van der Waals surface area contributed by atoms with Gasteiger partial charge in [0.1, 0.15) is 0 Å². The quantitative estimate of drug-likeness (QED) is 0.862. The smallest absolute Gasteiger partial charge is 0.163 e. The molecule has 0 amide bonds. The molecule has 15 heavy (non-hydrogen) atoms. The van der Waals surface area contributed by atoms with E-state index in [0.29, 0.717) is 0 Å². The van der Waals surface area contributed by atoms with Gasteiger partial charge >= 0.3 is 0 Å². The van der Waals surface area contributed by atoms with E-state index >= 15 is 0 Å². The second-order valence-corrected chi connectivity index (χ2v) is 3.18. The highest BCUT2D eigenvalue weighted by Crippen LogP contribution is 2.22. The summed E-state index contributed by atoms with van der Waals surface area (Å²) in [5, 5.41) is 0. The van der Waals surface area contributed by atoms with Crippen LogP contribution in [0.25, 0.3) is 0 Å². The van der Waals surface area contributed by atoms with E-state index in [4.69, 9.17) is 5.73 Å². The molecule has 1 aromatic rings. The van der Waals surface area contributed by atoms with Crippen LogP contribution in [0.4, 0.5) is 13.2 Å². The van der Waals surface area contributed by atoms with E-state index in [-0.39, 0.29) is 30.0 Å². The maximum Gasteiger partial charge on any atom is 0.163 e. The first-order valence-electron chi connectivity index (χ1n) is 4.34. The molecule has 0 radical (unpaired) electrons. The Kier molecular flexibility index (Phi) is 5.68. The molecule has 5 heteroatoms. The maximum atomic E-state index is 13.3. The van der Waals surface area contributed by atoms with Gasteiger partial charge in [0.2, 0.25) is 0 Å². The van der Waals surface area contributed by atoms with Crippen LogP contribution in [0.15, 0.2) is 12.1 Å². The Labute approximate surface area is 92.9 Å². The van der Waals surface area contributed by atoms with Gasteiger partial charge in [0.05, 0.1) is 6.67 Å². The fourth-order valence-electron chi connectivity index (χ4n) is 1.22. The molecule has 0 aromatic heterocycles. The third-order valence-electron chi connectivity index (χ3n) is 2.12. The van der Waals surface area contributed by atoms with Crippen molar-refractivity contribution in [2.24, 2.45) is 5.73 Å². The summed E-state index contributed by atoms with van der Waals surface area (Å²) in [5.41, 5.74) is 5.73. The van der Waals surface area contributed by atoms with Gasteiger partial charge in [-0.1, -0.05) is 12.1 Å². The van der Waals surface area contributed by atoms with Crippen molar-refractivity contribution in [3.05, 3.63) is 34.9 Å². The molecule has 1 rings (SSSR count). The van der Waals surface area contributed by atoms with E-state index < -0.39 is 24.4 Å². The summed E-state index contributed by atoms with van der Waals surface area (Å²) in [6, 6.07) is 2.05. The third kappa shape index (κ3) is 3.11. The zero-order valence-electron chi connectivity index (χ0n) is 8.27. The van der Waals surface area contributed by atoms with Gasteiger partial charge in [-0.25, -0.2) is 8.78 Å². The number of benzene rings is 1. The first-order chi connectivity index (χ1) is 6.57. The van der Waals surface area contributed by atoms with Crippen LogP contribution in [-0.4, -0.2) is 6.67 Å². The molecule has 0 heterocycles. The molecule has 86 valence electrons. The van der Waals surface area contributed by atoms with Crippen LogP contribution in [0.5, 0.6) is 0 Å². The molecule has 0 unspecified atom stereocenters. The molecule has 0 fully saturated rings. The lowest BCUT2D eigenvalue weighted by atomic mass is 10.0. The number of rotatable bonds is 3. The molecule has 0 saturated heterocycles. The highest BCUT2D eigenvalue weighted by molar-refractivity contribution is 5.85. The van der Waals surface area contributed by atoms with E-state index in [9.17, 15) is 13.2 Å². The molecule has 1 atom stereocenters. The summed E-state index contributed by atoms with van der Waals surface area (Å²) in [5.74, 6) is -1.87. The van der Waals surface area contributed by atoms with Gasteiger partial charge in [-0.05, 0) is 18.9 Å². The summed E-state index contributed by atoms with van der Waals surface area (Å²) >= 11 is 0. The lowest BCUT2D eigenvalue weighted by molar-refractivity contribution is 0.426. The number of hydrogen-bond donors (Lipinski definition) is 1. The standard InChI is InChI=1S/C10H12F3N.ClH/c1-6-2-3-7(8(14)4-5-11)10(13)9(6)12;/h2-3,8H,4-5,14H2,1H3;1H/t8-;/m0./s1. The predicted molar refractivity (Wildman–Crippen MR) is 55.9 cm³/mol. The summed E-state index contributed by atoms with van der Waals surface area (Å²) in [4.78, 5) is 0. The second-order valence-electron chi connectivity index (χ2n) is 3.18. The molecule has 0 aliphatic heterocycles. The van der Waals surface area contributed by atoms with Crippen LogP contribution in [0.2, 0.25) is 0 Å². The van der Waals surface area contributed by atoms with Crippen molar-refractivity contribution in [3.63, 3.8) is 0 Å². The zero-order chi connectivity index (χ0) is 10.7. The molecule has 1 aromatic carbocycles. The molecule has 1 nitrogen and oxygen atoms in total. The Morgan fingerprint density at radius 2 is 1.87 bits per heavy atom. The molecule has 0 aliphatic rings. The minimum atomic E-state index is -0.967. The zero-order valence-corrected chi connectivity index (χ0v) is 9.08. The molecular weight excluding hydrogens is 227 g/mol. The lowest BCUT2D eigenvalue weighted by Gasteiger charge is -2.12. The molecule has 2 N–H and O–H groups in total. The van der Waals surface area contributed by atoms with Crippen molar-refractivity contribution in [2.75, 3.05) is 6.67 Å². The van der Waals surface area contributed by atoms with Crippen molar-refractivity contribution in [1.82, 2.24) is 0 Å². The molecule has 0 bridgehead atoms. The number of halogens is 4. The van der Waals surface area contributed by atoms with Gasteiger partial charge in [-0.3, -0.25) is 4.39 Å². The average Bonchev–Trinajstić information content (AvgIpc) is 2.15. The molecule has 0 spiro atoms. The van der Waals surface area contributed by atoms with Crippen LogP contribution < -0.4 is 5.73 Å². The fourth-order valence-corrected chi connectivity index (χ4v) is 1.22. The summed E-state index contributed by atoms with van der Waals surface area (Å²) < 4.78 is 38.3. The third-order valence-corrected chi connectivity index (χ3v) is 2.12. The molecule has 0 aliphatic carbocycles. The molecule has 0 saturated carbocycles. The summed E-state index contributed by atoms with van der Waals surface area (Å²) in [6.07, 6.45) is -0.000574. The number of nitrogens with two attached hydrogens (primary N) is 1. The Bertz CT molecular complexity index is 331. The minimum absolute atomic E-state index is 0. The Hall–Kier alpha value is -0.740. The Balaban J connectivity index is 0.00000196. The van der Waals surface area contributed by atoms with Crippen molar-refractivity contribution >= 4 is 12.4 Å². The summed E-state index contributed by atoms with van der Waals surface area (Å²) in [6.45, 7) is 0.818. The van der Waals surface area contributed by atoms with Crippen LogP contribution in [0, 0.1) is 18.6 Å². The first-order valence-corrected chi connectivity index (χ1v) is 4.34. The average molecular weight is 240 g/mol. The van der Waals surface area contributed by atoms with Crippen LogP contribution in [0.1, 0.15) is 23.6 Å². The monoisotopic (exact) mass is 239 g/mol. The Morgan fingerprint density at radius 1 is 1.27 bits per heavy atom. The first kappa shape index (κ1) is 14.3. The SMILES string of the molecule is Cc1ccc([C@@H](N)CCF)c(F)c1F.Cl. The Morgan fingerprint density at radius 3 is 2.40 bits per heavy atom. The van der Waals surface area contributed by atoms with E-state index in [2.05, 4.69) is 0 Å². The lowest BCUT2D eigenvalue weighted by Crippen LogP contribution is -2.14. The van der Waals surface area contributed by atoms with E-state index in [1.807, 2.05) is 0 Å². The van der Waals surface area contributed by atoms with Crippen molar-refractivity contribution in [3.8, 4) is 0 Å². The van der Waals surface area contributed by atoms with Gasteiger partial charge < -0.3 is 5.73 Å². The minimum Gasteiger partial charge on any atom is -0.324 e. The second kappa shape index (κ2) is 5.98. The summed E-state index contributed by atoms with van der Waals surface area (Å²) in [7, 11) is 0. The number of aryl methyl sites for hydroxylation is 1. The largest absolute Gasteiger partial charge is 0.324 e. The van der Waals surface area contributed by atoms with Crippen LogP contribution in [-0.2, 0) is 0 Å². The van der Waals surface area contributed by atoms with Crippen LogP contribution >= 0.6 is 12.4 Å². The highest BCUT2D eigenvalue weighted by Gasteiger charge is 2.15. The van der Waals surface area contributed by atoms with Gasteiger partial charge in [-0.2, -0.15) is 0 Å². The van der Waals surface area contributed by atoms with Crippen molar-refractivity contribution < 1.29 is 13.2 Å². The van der Waals surface area contributed by atoms with Gasteiger partial charge in [0.15, 0.2) is 11.6 Å². The van der Waals surface area contributed by atoms with E-state index in [0.717, 1.165) is 0 Å². The van der Waals surface area contributed by atoms with Crippen molar-refractivity contribution in [1.29, 1.82) is 0 Å². The topological polar surface area (TPSA) is 26.0 Å². The molecular formula is C10H13ClF3N. The van der Waals surface area contributed by atoms with Gasteiger partial charge in [-0.15, -0.1) is 12.4 Å². The number of hydrogen-bond acceptors (Lipinski definition) is 1. The van der Waals surface area contributed by atoms with E-state index in [1.54, 1.807) is 0 Å². The van der Waals surface area contributed by atoms with Crippen molar-refractivity contribution in [2.45, 2.75) is 19.4 Å². The van der Waals surface area contributed by atoms with Crippen LogP contribution in [0.3, 0.4) is 0 Å². The van der Waals surface area contributed by atoms with Gasteiger partial charge in [0, 0.05) is 11.6 Å². The normalized spacial score (nSPS) is 12.1. The predicted octanol–water partition coefficient (Wildman–Crippen LogP) is 3.05. The highest BCUT2D eigenvalue weighted by atomic mass is 35.5. The fraction of sp³-hybridized carbons (Fsp3) is 0.400. The number of alkyl halides is 1. The van der Waals surface area contributed by atoms with E-state index in [1.165, 1.54) is 19.1 Å². The van der Waals surface area contributed by atoms with Gasteiger partial charge in [0.25, 0.3) is 0 Å².